The van der Waals surface area contributed by atoms with E-state index in [0.29, 0.717) is 0 Å². The Bertz CT molecular complexity index is 571. The molecule has 2 rings (SSSR count). The van der Waals surface area contributed by atoms with Crippen LogP contribution in [0, 0.1) is 5.92 Å². The molecule has 1 fully saturated rings. The molecule has 1 aromatic rings. The molecular formula is C13H19NO5S. The van der Waals surface area contributed by atoms with Crippen LogP contribution in [-0.4, -0.2) is 37.8 Å². The molecule has 0 aliphatic carbocycles. The van der Waals surface area contributed by atoms with Gasteiger partial charge in [-0.3, -0.25) is 0 Å². The Kier molecular flexibility index (Phi) is 4.49. The van der Waals surface area contributed by atoms with Crippen LogP contribution in [0.2, 0.25) is 0 Å². The average Bonchev–Trinajstić information content (AvgIpc) is 2.87. The van der Waals surface area contributed by atoms with E-state index in [1.807, 2.05) is 0 Å². The summed E-state index contributed by atoms with van der Waals surface area (Å²) >= 11 is 0. The fourth-order valence-corrected chi connectivity index (χ4v) is 4.18. The van der Waals surface area contributed by atoms with Crippen molar-refractivity contribution in [1.82, 2.24) is 5.32 Å². The molecule has 6 nitrogen and oxygen atoms in total. The summed E-state index contributed by atoms with van der Waals surface area (Å²) in [5, 5.41) is 11.5. The Hall–Kier alpha value is -1.34. The predicted octanol–water partition coefficient (Wildman–Crippen LogP) is 1.28. The second kappa shape index (κ2) is 5.97. The maximum Gasteiger partial charge on any atom is 0.371 e. The summed E-state index contributed by atoms with van der Waals surface area (Å²) in [6.07, 6.45) is 1.69. The van der Waals surface area contributed by atoms with Gasteiger partial charge in [0.1, 0.15) is 11.5 Å². The largest absolute Gasteiger partial charge is 0.475 e. The molecule has 1 aliphatic rings. The third kappa shape index (κ3) is 3.40. The SMILES string of the molecule is CC(C1CCNCC1)S(=O)(=O)Cc1ccc(C(=O)O)o1. The van der Waals surface area contributed by atoms with Crippen molar-refractivity contribution in [2.75, 3.05) is 13.1 Å². The highest BCUT2D eigenvalue weighted by Crippen LogP contribution is 2.25. The van der Waals surface area contributed by atoms with Crippen LogP contribution in [0.15, 0.2) is 16.5 Å². The molecule has 0 bridgehead atoms. The zero-order valence-electron chi connectivity index (χ0n) is 11.3. The monoisotopic (exact) mass is 301 g/mol. The van der Waals surface area contributed by atoms with Crippen LogP contribution in [0.5, 0.6) is 0 Å². The third-order valence-corrected chi connectivity index (χ3v) is 6.03. The molecule has 2 heterocycles. The second-order valence-electron chi connectivity index (χ2n) is 5.17. The molecule has 112 valence electrons. The van der Waals surface area contributed by atoms with E-state index in [9.17, 15) is 13.2 Å². The van der Waals surface area contributed by atoms with Gasteiger partial charge < -0.3 is 14.8 Å². The molecular weight excluding hydrogens is 282 g/mol. The normalized spacial score (nSPS) is 18.9. The maximum absolute atomic E-state index is 12.4. The zero-order chi connectivity index (χ0) is 14.8. The lowest BCUT2D eigenvalue weighted by Gasteiger charge is -2.27. The minimum atomic E-state index is -3.34. The Morgan fingerprint density at radius 3 is 2.65 bits per heavy atom. The third-order valence-electron chi connectivity index (χ3n) is 3.83. The van der Waals surface area contributed by atoms with Gasteiger partial charge in [-0.05, 0) is 50.9 Å². The van der Waals surface area contributed by atoms with Crippen molar-refractivity contribution in [1.29, 1.82) is 0 Å². The summed E-state index contributed by atoms with van der Waals surface area (Å²) < 4.78 is 29.7. The van der Waals surface area contributed by atoms with E-state index in [1.165, 1.54) is 12.1 Å². The molecule has 7 heteroatoms. The summed E-state index contributed by atoms with van der Waals surface area (Å²) in [5.41, 5.74) is 0. The Labute approximate surface area is 118 Å². The van der Waals surface area contributed by atoms with Gasteiger partial charge in [0.15, 0.2) is 9.84 Å². The minimum Gasteiger partial charge on any atom is -0.475 e. The Morgan fingerprint density at radius 2 is 2.10 bits per heavy atom. The summed E-state index contributed by atoms with van der Waals surface area (Å²) in [4.78, 5) is 10.7. The smallest absolute Gasteiger partial charge is 0.371 e. The van der Waals surface area contributed by atoms with Gasteiger partial charge in [0.2, 0.25) is 5.76 Å². The van der Waals surface area contributed by atoms with E-state index < -0.39 is 21.1 Å². The molecule has 0 saturated carbocycles. The van der Waals surface area contributed by atoms with Gasteiger partial charge in [-0.15, -0.1) is 0 Å². The van der Waals surface area contributed by atoms with Gasteiger partial charge in [-0.1, -0.05) is 0 Å². The van der Waals surface area contributed by atoms with Crippen LogP contribution < -0.4 is 5.32 Å². The van der Waals surface area contributed by atoms with E-state index in [4.69, 9.17) is 9.52 Å². The lowest BCUT2D eigenvalue weighted by Crippen LogP contribution is -2.36. The number of hydrogen-bond acceptors (Lipinski definition) is 5. The molecule has 1 unspecified atom stereocenters. The fraction of sp³-hybridized carbons (Fsp3) is 0.615. The van der Waals surface area contributed by atoms with E-state index in [0.717, 1.165) is 25.9 Å². The van der Waals surface area contributed by atoms with Crippen LogP contribution in [0.1, 0.15) is 36.1 Å². The van der Waals surface area contributed by atoms with Crippen molar-refractivity contribution in [2.24, 2.45) is 5.92 Å². The maximum atomic E-state index is 12.4. The fourth-order valence-electron chi connectivity index (χ4n) is 2.51. The first-order valence-corrected chi connectivity index (χ1v) is 8.36. The van der Waals surface area contributed by atoms with Crippen LogP contribution in [0.3, 0.4) is 0 Å². The van der Waals surface area contributed by atoms with Crippen molar-refractivity contribution in [3.8, 4) is 0 Å². The zero-order valence-corrected chi connectivity index (χ0v) is 12.1. The summed E-state index contributed by atoms with van der Waals surface area (Å²) in [6.45, 7) is 3.41. The lowest BCUT2D eigenvalue weighted by atomic mass is 9.95. The van der Waals surface area contributed by atoms with Crippen molar-refractivity contribution in [3.63, 3.8) is 0 Å². The standard InChI is InChI=1S/C13H19NO5S/c1-9(10-4-6-14-7-5-10)20(17,18)8-11-2-3-12(19-11)13(15)16/h2-3,9-10,14H,4-8H2,1H3,(H,15,16). The van der Waals surface area contributed by atoms with E-state index >= 15 is 0 Å². The highest BCUT2D eigenvalue weighted by atomic mass is 32.2. The van der Waals surface area contributed by atoms with E-state index in [2.05, 4.69) is 5.32 Å². The molecule has 1 aromatic heterocycles. The quantitative estimate of drug-likeness (QED) is 0.850. The first-order valence-electron chi connectivity index (χ1n) is 6.64. The number of carboxylic acid groups (broad SMARTS) is 1. The van der Waals surface area contributed by atoms with Crippen LogP contribution in [0.25, 0.3) is 0 Å². The van der Waals surface area contributed by atoms with Gasteiger partial charge in [-0.2, -0.15) is 0 Å². The summed E-state index contributed by atoms with van der Waals surface area (Å²) in [6, 6.07) is 2.69. The molecule has 0 amide bonds. The molecule has 1 saturated heterocycles. The average molecular weight is 301 g/mol. The topological polar surface area (TPSA) is 96.6 Å². The highest BCUT2D eigenvalue weighted by molar-refractivity contribution is 7.91. The number of rotatable bonds is 5. The first-order chi connectivity index (χ1) is 9.40. The van der Waals surface area contributed by atoms with Crippen LogP contribution in [-0.2, 0) is 15.6 Å². The van der Waals surface area contributed by atoms with Crippen molar-refractivity contribution >= 4 is 15.8 Å². The molecule has 1 atom stereocenters. The molecule has 20 heavy (non-hydrogen) atoms. The Morgan fingerprint density at radius 1 is 1.45 bits per heavy atom. The number of carboxylic acids is 1. The van der Waals surface area contributed by atoms with Gasteiger partial charge in [0, 0.05) is 0 Å². The first kappa shape index (κ1) is 15.1. The molecule has 2 N–H and O–H groups in total. The highest BCUT2D eigenvalue weighted by Gasteiger charge is 2.31. The molecule has 0 radical (unpaired) electrons. The predicted molar refractivity (Wildman–Crippen MR) is 73.3 cm³/mol. The van der Waals surface area contributed by atoms with Gasteiger partial charge in [-0.25, -0.2) is 13.2 Å². The molecule has 0 aromatic carbocycles. The molecule has 1 aliphatic heterocycles. The van der Waals surface area contributed by atoms with Crippen LogP contribution >= 0.6 is 0 Å². The van der Waals surface area contributed by atoms with Gasteiger partial charge >= 0.3 is 5.97 Å². The molecule has 0 spiro atoms. The number of hydrogen-bond donors (Lipinski definition) is 2. The lowest BCUT2D eigenvalue weighted by molar-refractivity contribution is 0.0660. The van der Waals surface area contributed by atoms with Crippen molar-refractivity contribution in [2.45, 2.75) is 30.8 Å². The minimum absolute atomic E-state index is 0.148. The second-order valence-corrected chi connectivity index (χ2v) is 7.53. The number of carbonyl (C=O) groups is 1. The van der Waals surface area contributed by atoms with E-state index in [1.54, 1.807) is 6.92 Å². The van der Waals surface area contributed by atoms with Gasteiger partial charge in [0.05, 0.1) is 5.25 Å². The number of piperidine rings is 1. The van der Waals surface area contributed by atoms with E-state index in [-0.39, 0.29) is 23.2 Å². The summed E-state index contributed by atoms with van der Waals surface area (Å²) in [7, 11) is -3.34. The number of aromatic carboxylic acids is 1. The summed E-state index contributed by atoms with van der Waals surface area (Å²) in [5.74, 6) is -1.34. The number of furan rings is 1. The van der Waals surface area contributed by atoms with Gasteiger partial charge in [0.25, 0.3) is 0 Å². The Balaban J connectivity index is 2.07. The number of sulfone groups is 1. The number of nitrogens with one attached hydrogen (secondary N) is 1. The van der Waals surface area contributed by atoms with Crippen LogP contribution in [0.4, 0.5) is 0 Å². The van der Waals surface area contributed by atoms with Crippen molar-refractivity contribution in [3.05, 3.63) is 23.7 Å². The van der Waals surface area contributed by atoms with Crippen molar-refractivity contribution < 1.29 is 22.7 Å².